The van der Waals surface area contributed by atoms with Crippen molar-refractivity contribution >= 4 is 23.5 Å². The Hall–Kier alpha value is -1.62. The van der Waals surface area contributed by atoms with Gasteiger partial charge in [-0.2, -0.15) is 0 Å². The number of amides is 1. The minimum atomic E-state index is -0.830. The van der Waals surface area contributed by atoms with E-state index in [1.165, 1.54) is 12.4 Å². The van der Waals surface area contributed by atoms with Gasteiger partial charge in [-0.05, 0) is 25.8 Å². The Labute approximate surface area is 110 Å². The van der Waals surface area contributed by atoms with E-state index in [0.29, 0.717) is 23.4 Å². The van der Waals surface area contributed by atoms with E-state index in [-0.39, 0.29) is 18.4 Å². The monoisotopic (exact) mass is 270 g/mol. The molecule has 0 radical (unpaired) electrons. The van der Waals surface area contributed by atoms with Gasteiger partial charge in [0.25, 0.3) is 5.91 Å². The van der Waals surface area contributed by atoms with Crippen LogP contribution in [0.3, 0.4) is 0 Å². The molecular weight excluding hydrogens is 256 g/mol. The second-order valence-corrected chi connectivity index (χ2v) is 4.42. The molecule has 0 saturated heterocycles. The number of carboxylic acid groups (broad SMARTS) is 1. The van der Waals surface area contributed by atoms with Crippen LogP contribution in [0.4, 0.5) is 0 Å². The summed E-state index contributed by atoms with van der Waals surface area (Å²) in [5.74, 6) is -1.13. The average molecular weight is 271 g/mol. The maximum absolute atomic E-state index is 11.8. The lowest BCUT2D eigenvalue weighted by atomic mass is 10.1. The Bertz CT molecular complexity index is 437. The molecule has 2 N–H and O–H groups in total. The van der Waals surface area contributed by atoms with Gasteiger partial charge in [0.2, 0.25) is 0 Å². The Morgan fingerprint density at radius 3 is 2.89 bits per heavy atom. The summed E-state index contributed by atoms with van der Waals surface area (Å²) in [7, 11) is 0. The normalized spacial score (nSPS) is 11.9. The molecule has 1 rings (SSSR count). The van der Waals surface area contributed by atoms with Crippen molar-refractivity contribution in [3.05, 3.63) is 29.0 Å². The van der Waals surface area contributed by atoms with Crippen LogP contribution in [0.1, 0.15) is 36.5 Å². The Morgan fingerprint density at radius 1 is 1.56 bits per heavy atom. The molecule has 98 valence electrons. The van der Waals surface area contributed by atoms with Crippen molar-refractivity contribution in [3.8, 4) is 0 Å². The molecule has 0 saturated carbocycles. The first kappa shape index (κ1) is 14.4. The average Bonchev–Trinajstić information content (AvgIpc) is 2.28. The van der Waals surface area contributed by atoms with Crippen molar-refractivity contribution in [2.45, 2.75) is 32.2 Å². The molecule has 0 aliphatic rings. The lowest BCUT2D eigenvalue weighted by Crippen LogP contribution is -2.32. The van der Waals surface area contributed by atoms with E-state index in [4.69, 9.17) is 16.7 Å². The van der Waals surface area contributed by atoms with E-state index in [9.17, 15) is 9.59 Å². The molecule has 18 heavy (non-hydrogen) atoms. The number of hydrogen-bond acceptors (Lipinski definition) is 3. The minimum absolute atomic E-state index is 0.104. The van der Waals surface area contributed by atoms with Gasteiger partial charge in [-0.3, -0.25) is 14.6 Å². The summed E-state index contributed by atoms with van der Waals surface area (Å²) in [6.07, 6.45) is 4.15. The zero-order valence-electron chi connectivity index (χ0n) is 10.0. The van der Waals surface area contributed by atoms with Crippen molar-refractivity contribution in [3.63, 3.8) is 0 Å². The fraction of sp³-hybridized carbons (Fsp3) is 0.417. The van der Waals surface area contributed by atoms with Gasteiger partial charge < -0.3 is 10.4 Å². The largest absolute Gasteiger partial charge is 0.481 e. The highest BCUT2D eigenvalue weighted by atomic mass is 35.5. The minimum Gasteiger partial charge on any atom is -0.481 e. The Morgan fingerprint density at radius 2 is 2.28 bits per heavy atom. The molecule has 0 spiro atoms. The number of pyridine rings is 1. The van der Waals surface area contributed by atoms with Gasteiger partial charge in [0.1, 0.15) is 0 Å². The molecule has 5 nitrogen and oxygen atoms in total. The standard InChI is InChI=1S/C12H15ClN2O3/c1-8(3-2-4-11(16)17)15-12(18)9-7-14-6-5-10(9)13/h5-8H,2-4H2,1H3,(H,15,18)(H,16,17). The first-order chi connectivity index (χ1) is 8.50. The van der Waals surface area contributed by atoms with Crippen LogP contribution in [-0.2, 0) is 4.79 Å². The third-order valence-corrected chi connectivity index (χ3v) is 2.75. The highest BCUT2D eigenvalue weighted by Crippen LogP contribution is 2.13. The van der Waals surface area contributed by atoms with Gasteiger partial charge >= 0.3 is 5.97 Å². The number of aromatic nitrogens is 1. The summed E-state index contributed by atoms with van der Waals surface area (Å²) in [5, 5.41) is 11.6. The van der Waals surface area contributed by atoms with E-state index in [1.807, 2.05) is 6.92 Å². The van der Waals surface area contributed by atoms with Crippen LogP contribution in [0.25, 0.3) is 0 Å². The SMILES string of the molecule is CC(CCCC(=O)O)NC(=O)c1cnccc1Cl. The molecule has 1 atom stereocenters. The molecule has 0 aromatic carbocycles. The summed E-state index contributed by atoms with van der Waals surface area (Å²) in [4.78, 5) is 26.0. The first-order valence-corrected chi connectivity index (χ1v) is 6.00. The number of aliphatic carboxylic acids is 1. The second kappa shape index (κ2) is 6.96. The molecular formula is C12H15ClN2O3. The molecule has 0 aliphatic carbocycles. The number of nitrogens with zero attached hydrogens (tertiary/aromatic N) is 1. The number of nitrogens with one attached hydrogen (secondary N) is 1. The quantitative estimate of drug-likeness (QED) is 0.830. The summed E-state index contributed by atoms with van der Waals surface area (Å²) in [5.41, 5.74) is 0.323. The number of hydrogen-bond donors (Lipinski definition) is 2. The van der Waals surface area contributed by atoms with E-state index < -0.39 is 5.97 Å². The lowest BCUT2D eigenvalue weighted by molar-refractivity contribution is -0.137. The van der Waals surface area contributed by atoms with Crippen LogP contribution in [0.15, 0.2) is 18.5 Å². The molecule has 0 aliphatic heterocycles. The topological polar surface area (TPSA) is 79.3 Å². The highest BCUT2D eigenvalue weighted by Gasteiger charge is 2.13. The van der Waals surface area contributed by atoms with E-state index >= 15 is 0 Å². The van der Waals surface area contributed by atoms with Crippen LogP contribution >= 0.6 is 11.6 Å². The number of rotatable bonds is 6. The van der Waals surface area contributed by atoms with Gasteiger partial charge in [-0.15, -0.1) is 0 Å². The number of carbonyl (C=O) groups excluding carboxylic acids is 1. The van der Waals surface area contributed by atoms with Crippen molar-refractivity contribution in [1.29, 1.82) is 0 Å². The van der Waals surface area contributed by atoms with E-state index in [2.05, 4.69) is 10.3 Å². The summed E-state index contributed by atoms with van der Waals surface area (Å²) < 4.78 is 0. The number of carbonyl (C=O) groups is 2. The summed E-state index contributed by atoms with van der Waals surface area (Å²) in [6.45, 7) is 1.82. The molecule has 1 heterocycles. The third kappa shape index (κ3) is 4.71. The predicted molar refractivity (Wildman–Crippen MR) is 67.7 cm³/mol. The zero-order valence-corrected chi connectivity index (χ0v) is 10.8. The molecule has 1 amide bonds. The molecule has 0 fully saturated rings. The molecule has 1 aromatic rings. The highest BCUT2D eigenvalue weighted by molar-refractivity contribution is 6.33. The Balaban J connectivity index is 2.45. The van der Waals surface area contributed by atoms with E-state index in [0.717, 1.165) is 0 Å². The molecule has 0 bridgehead atoms. The van der Waals surface area contributed by atoms with Gasteiger partial charge in [0.05, 0.1) is 10.6 Å². The zero-order chi connectivity index (χ0) is 13.5. The summed E-state index contributed by atoms with van der Waals surface area (Å²) >= 11 is 5.87. The third-order valence-electron chi connectivity index (χ3n) is 2.42. The maximum Gasteiger partial charge on any atom is 0.303 e. The van der Waals surface area contributed by atoms with Crippen LogP contribution < -0.4 is 5.32 Å². The van der Waals surface area contributed by atoms with E-state index in [1.54, 1.807) is 6.07 Å². The van der Waals surface area contributed by atoms with Crippen LogP contribution in [0.5, 0.6) is 0 Å². The second-order valence-electron chi connectivity index (χ2n) is 4.02. The van der Waals surface area contributed by atoms with Gasteiger partial charge in [0, 0.05) is 24.9 Å². The fourth-order valence-electron chi connectivity index (χ4n) is 1.48. The van der Waals surface area contributed by atoms with Gasteiger partial charge in [0.15, 0.2) is 0 Å². The molecule has 1 unspecified atom stereocenters. The van der Waals surface area contributed by atoms with Crippen LogP contribution in [0, 0.1) is 0 Å². The van der Waals surface area contributed by atoms with Crippen LogP contribution in [0.2, 0.25) is 5.02 Å². The smallest absolute Gasteiger partial charge is 0.303 e. The first-order valence-electron chi connectivity index (χ1n) is 5.63. The number of carboxylic acids is 1. The molecule has 1 aromatic heterocycles. The van der Waals surface area contributed by atoms with Crippen molar-refractivity contribution < 1.29 is 14.7 Å². The summed E-state index contributed by atoms with van der Waals surface area (Å²) in [6, 6.07) is 1.44. The van der Waals surface area contributed by atoms with Crippen molar-refractivity contribution in [2.24, 2.45) is 0 Å². The maximum atomic E-state index is 11.8. The van der Waals surface area contributed by atoms with Crippen molar-refractivity contribution in [1.82, 2.24) is 10.3 Å². The van der Waals surface area contributed by atoms with Crippen molar-refractivity contribution in [2.75, 3.05) is 0 Å². The van der Waals surface area contributed by atoms with Gasteiger partial charge in [-0.1, -0.05) is 11.6 Å². The molecule has 6 heteroatoms. The van der Waals surface area contributed by atoms with Gasteiger partial charge in [-0.25, -0.2) is 0 Å². The predicted octanol–water partition coefficient (Wildman–Crippen LogP) is 2.11. The lowest BCUT2D eigenvalue weighted by Gasteiger charge is -2.13. The Kier molecular flexibility index (Phi) is 5.58. The number of halogens is 1. The van der Waals surface area contributed by atoms with Crippen LogP contribution in [-0.4, -0.2) is 28.0 Å². The fourth-order valence-corrected chi connectivity index (χ4v) is 1.67.